The summed E-state index contributed by atoms with van der Waals surface area (Å²) in [7, 11) is 3.89. The normalized spacial score (nSPS) is 13.5. The van der Waals surface area contributed by atoms with Crippen molar-refractivity contribution >= 4 is 24.0 Å². The van der Waals surface area contributed by atoms with Crippen LogP contribution in [0.2, 0.25) is 0 Å². The summed E-state index contributed by atoms with van der Waals surface area (Å²) in [6.07, 6.45) is 1.09. The van der Waals surface area contributed by atoms with Gasteiger partial charge in [0, 0.05) is 25.8 Å². The number of benzene rings is 2. The van der Waals surface area contributed by atoms with Gasteiger partial charge in [-0.1, -0.05) is 48.5 Å². The van der Waals surface area contributed by atoms with Crippen LogP contribution in [-0.4, -0.2) is 42.9 Å². The van der Waals surface area contributed by atoms with Crippen LogP contribution in [0.4, 0.5) is 5.69 Å². The Bertz CT molecular complexity index is 735. The summed E-state index contributed by atoms with van der Waals surface area (Å²) in [5.41, 5.74) is 5.06. The Morgan fingerprint density at radius 3 is 2.58 bits per heavy atom. The number of amides is 1. The number of rotatable bonds is 6. The maximum atomic E-state index is 12.7. The highest BCUT2D eigenvalue weighted by molar-refractivity contribution is 5.85. The van der Waals surface area contributed by atoms with E-state index in [1.807, 2.05) is 37.2 Å². The van der Waals surface area contributed by atoms with Crippen molar-refractivity contribution in [2.75, 3.05) is 32.5 Å². The number of nitrogens with zero attached hydrogens (tertiary/aromatic N) is 2. The molecule has 1 heterocycles. The smallest absolute Gasteiger partial charge is 0.236 e. The Balaban J connectivity index is 0.00000243. The number of halogens is 1. The van der Waals surface area contributed by atoms with Crippen molar-refractivity contribution in [3.8, 4) is 0 Å². The van der Waals surface area contributed by atoms with Gasteiger partial charge in [-0.15, -0.1) is 12.4 Å². The van der Waals surface area contributed by atoms with E-state index in [1.54, 1.807) is 0 Å². The van der Waals surface area contributed by atoms with Crippen molar-refractivity contribution < 1.29 is 4.79 Å². The molecule has 26 heavy (non-hydrogen) atoms. The molecule has 0 radical (unpaired) electrons. The van der Waals surface area contributed by atoms with E-state index in [1.165, 1.54) is 16.8 Å². The maximum Gasteiger partial charge on any atom is 0.236 e. The minimum absolute atomic E-state index is 0. The molecule has 5 heteroatoms. The summed E-state index contributed by atoms with van der Waals surface area (Å²) in [6, 6.07) is 16.7. The van der Waals surface area contributed by atoms with Crippen LogP contribution < -0.4 is 5.32 Å². The van der Waals surface area contributed by atoms with Crippen LogP contribution in [0.3, 0.4) is 0 Å². The van der Waals surface area contributed by atoms with E-state index in [0.717, 1.165) is 25.1 Å². The zero-order chi connectivity index (χ0) is 17.8. The molecule has 1 N–H and O–H groups in total. The fourth-order valence-corrected chi connectivity index (χ4v) is 3.40. The third-order valence-corrected chi connectivity index (χ3v) is 5.03. The van der Waals surface area contributed by atoms with Gasteiger partial charge in [0.1, 0.15) is 0 Å². The number of hydrogen-bond donors (Lipinski definition) is 1. The molecule has 2 aromatic rings. The predicted molar refractivity (Wildman–Crippen MR) is 110 cm³/mol. The lowest BCUT2D eigenvalue weighted by molar-refractivity contribution is -0.132. The molecule has 1 aliphatic rings. The number of hydrogen-bond acceptors (Lipinski definition) is 3. The van der Waals surface area contributed by atoms with E-state index in [-0.39, 0.29) is 24.4 Å². The molecule has 0 aromatic heterocycles. The quantitative estimate of drug-likeness (QED) is 0.838. The monoisotopic (exact) mass is 373 g/mol. The van der Waals surface area contributed by atoms with Crippen LogP contribution in [0.5, 0.6) is 0 Å². The molecule has 1 unspecified atom stereocenters. The third-order valence-electron chi connectivity index (χ3n) is 5.03. The number of nitrogens with one attached hydrogen (secondary N) is 1. The van der Waals surface area contributed by atoms with E-state index in [9.17, 15) is 4.79 Å². The summed E-state index contributed by atoms with van der Waals surface area (Å²) in [5.74, 6) is 0.138. The molecule has 3 rings (SSSR count). The van der Waals surface area contributed by atoms with E-state index < -0.39 is 0 Å². The van der Waals surface area contributed by atoms with Crippen molar-refractivity contribution in [1.82, 2.24) is 9.80 Å². The zero-order valence-corrected chi connectivity index (χ0v) is 16.6. The Hall–Kier alpha value is -2.04. The Labute approximate surface area is 162 Å². The van der Waals surface area contributed by atoms with Gasteiger partial charge in [0.15, 0.2) is 0 Å². The van der Waals surface area contributed by atoms with Gasteiger partial charge in [0.25, 0.3) is 0 Å². The van der Waals surface area contributed by atoms with Gasteiger partial charge in [-0.05, 0) is 37.1 Å². The molecule has 0 spiro atoms. The van der Waals surface area contributed by atoms with Crippen molar-refractivity contribution in [2.24, 2.45) is 0 Å². The molecule has 4 nitrogen and oxygen atoms in total. The SMILES string of the molecule is CC(c1ccccc1)N(C)C(=O)CN(C)Cc1cccc2c1NCC2.Cl. The molecule has 0 fully saturated rings. The van der Waals surface area contributed by atoms with E-state index in [2.05, 4.69) is 47.5 Å². The summed E-state index contributed by atoms with van der Waals surface area (Å²) < 4.78 is 0. The number of anilines is 1. The lowest BCUT2D eigenvalue weighted by Crippen LogP contribution is -2.37. The molecule has 1 aliphatic heterocycles. The van der Waals surface area contributed by atoms with Crippen molar-refractivity contribution in [3.63, 3.8) is 0 Å². The number of para-hydroxylation sites is 1. The number of carbonyl (C=O) groups excluding carboxylic acids is 1. The fraction of sp³-hybridized carbons (Fsp3) is 0.381. The first-order valence-electron chi connectivity index (χ1n) is 8.90. The number of carbonyl (C=O) groups is 1. The molecule has 1 atom stereocenters. The Morgan fingerprint density at radius 1 is 1.12 bits per heavy atom. The van der Waals surface area contributed by atoms with E-state index in [4.69, 9.17) is 0 Å². The predicted octanol–water partition coefficient (Wildman–Crippen LogP) is 3.73. The largest absolute Gasteiger partial charge is 0.384 e. The standard InChI is InChI=1S/C21H27N3O.ClH/c1-16(17-8-5-4-6-9-17)24(3)20(25)15-23(2)14-19-11-7-10-18-12-13-22-21(18)19;/h4-11,16,22H,12-15H2,1-3H3;1H. The minimum atomic E-state index is 0. The zero-order valence-electron chi connectivity index (χ0n) is 15.7. The second-order valence-corrected chi connectivity index (χ2v) is 6.89. The molecule has 0 saturated heterocycles. The lowest BCUT2D eigenvalue weighted by Gasteiger charge is -2.28. The van der Waals surface area contributed by atoms with Crippen molar-refractivity contribution in [2.45, 2.75) is 25.9 Å². The molecule has 2 aromatic carbocycles. The van der Waals surface area contributed by atoms with E-state index in [0.29, 0.717) is 6.54 Å². The van der Waals surface area contributed by atoms with Crippen LogP contribution in [0.1, 0.15) is 29.7 Å². The van der Waals surface area contributed by atoms with Crippen molar-refractivity contribution in [3.05, 3.63) is 65.2 Å². The number of likely N-dealkylation sites (N-methyl/N-ethyl adjacent to an activating group) is 2. The molecule has 0 saturated carbocycles. The molecule has 1 amide bonds. The molecular weight excluding hydrogens is 346 g/mol. The summed E-state index contributed by atoms with van der Waals surface area (Å²) in [6.45, 7) is 4.26. The van der Waals surface area contributed by atoms with Gasteiger partial charge in [0.05, 0.1) is 12.6 Å². The van der Waals surface area contributed by atoms with Gasteiger partial charge >= 0.3 is 0 Å². The van der Waals surface area contributed by atoms with Crippen LogP contribution in [0.15, 0.2) is 48.5 Å². The van der Waals surface area contributed by atoms with Gasteiger partial charge < -0.3 is 10.2 Å². The van der Waals surface area contributed by atoms with Gasteiger partial charge in [0.2, 0.25) is 5.91 Å². The molecule has 0 aliphatic carbocycles. The second-order valence-electron chi connectivity index (χ2n) is 6.89. The molecule has 140 valence electrons. The second kappa shape index (κ2) is 9.06. The first kappa shape index (κ1) is 20.3. The highest BCUT2D eigenvalue weighted by atomic mass is 35.5. The highest BCUT2D eigenvalue weighted by Gasteiger charge is 2.20. The van der Waals surface area contributed by atoms with Gasteiger partial charge in [-0.2, -0.15) is 0 Å². The summed E-state index contributed by atoms with van der Waals surface area (Å²) in [4.78, 5) is 16.6. The van der Waals surface area contributed by atoms with Crippen LogP contribution in [0.25, 0.3) is 0 Å². The average molecular weight is 374 g/mol. The van der Waals surface area contributed by atoms with Crippen LogP contribution >= 0.6 is 12.4 Å². The van der Waals surface area contributed by atoms with Gasteiger partial charge in [-0.25, -0.2) is 0 Å². The first-order chi connectivity index (χ1) is 12.1. The topological polar surface area (TPSA) is 35.6 Å². The maximum absolute atomic E-state index is 12.7. The molecular formula is C21H28ClN3O. The molecule has 0 bridgehead atoms. The fourth-order valence-electron chi connectivity index (χ4n) is 3.40. The first-order valence-corrected chi connectivity index (χ1v) is 8.90. The Kier molecular flexibility index (Phi) is 7.06. The van der Waals surface area contributed by atoms with Crippen LogP contribution in [-0.2, 0) is 17.8 Å². The van der Waals surface area contributed by atoms with Gasteiger partial charge in [-0.3, -0.25) is 9.69 Å². The highest BCUT2D eigenvalue weighted by Crippen LogP contribution is 2.27. The van der Waals surface area contributed by atoms with E-state index >= 15 is 0 Å². The summed E-state index contributed by atoms with van der Waals surface area (Å²) in [5, 5.41) is 3.47. The lowest BCUT2D eigenvalue weighted by atomic mass is 10.1. The van der Waals surface area contributed by atoms with Crippen molar-refractivity contribution in [1.29, 1.82) is 0 Å². The average Bonchev–Trinajstić information content (AvgIpc) is 3.11. The minimum Gasteiger partial charge on any atom is -0.384 e. The van der Waals surface area contributed by atoms with Crippen LogP contribution in [0, 0.1) is 0 Å². The third kappa shape index (κ3) is 4.57. The summed E-state index contributed by atoms with van der Waals surface area (Å²) >= 11 is 0. The Morgan fingerprint density at radius 2 is 1.85 bits per heavy atom. The number of fused-ring (bicyclic) bond motifs is 1.